The van der Waals surface area contributed by atoms with Crippen molar-refractivity contribution < 1.29 is 20.4 Å². The number of imidazole rings is 1. The average Bonchev–Trinajstić information content (AvgIpc) is 3.16. The lowest BCUT2D eigenvalue weighted by atomic mass is 10.1. The standard InChI is InChI=1S/C25H36N6O2.2H2O/c1-3-32-16-17-33-24-9-8-19(2)27-22(24)18-31-23-7-5-4-6-21(23)29-25(31)28-20-10-13-30(14-11-20)15-12-26;;/h4-9,20H,3,10-18,26H2,1-2H3,(H,28,29);2*1H2. The molecule has 2 aromatic heterocycles. The predicted molar refractivity (Wildman–Crippen MR) is 139 cm³/mol. The fourth-order valence-corrected chi connectivity index (χ4v) is 4.36. The molecule has 0 radical (unpaired) electrons. The van der Waals surface area contributed by atoms with Crippen molar-refractivity contribution in [2.75, 3.05) is 51.3 Å². The maximum atomic E-state index is 6.02. The number of rotatable bonds is 11. The van der Waals surface area contributed by atoms with E-state index in [0.29, 0.717) is 39.0 Å². The van der Waals surface area contributed by atoms with E-state index in [1.165, 1.54) is 0 Å². The van der Waals surface area contributed by atoms with Gasteiger partial charge in [0.1, 0.15) is 18.1 Å². The van der Waals surface area contributed by atoms with Crippen LogP contribution in [0.5, 0.6) is 5.75 Å². The van der Waals surface area contributed by atoms with Crippen molar-refractivity contribution in [1.29, 1.82) is 0 Å². The van der Waals surface area contributed by atoms with Crippen LogP contribution in [0.3, 0.4) is 0 Å². The Labute approximate surface area is 207 Å². The van der Waals surface area contributed by atoms with Gasteiger partial charge in [0.05, 0.1) is 24.2 Å². The van der Waals surface area contributed by atoms with Gasteiger partial charge in [-0.05, 0) is 51.0 Å². The monoisotopic (exact) mass is 488 g/mol. The van der Waals surface area contributed by atoms with Crippen LogP contribution >= 0.6 is 0 Å². The quantitative estimate of drug-likeness (QED) is 0.387. The predicted octanol–water partition coefficient (Wildman–Crippen LogP) is 1.39. The maximum absolute atomic E-state index is 6.02. The summed E-state index contributed by atoms with van der Waals surface area (Å²) in [5.74, 6) is 1.68. The molecule has 0 saturated carbocycles. The molecule has 7 N–H and O–H groups in total. The molecular weight excluding hydrogens is 448 g/mol. The van der Waals surface area contributed by atoms with Crippen LogP contribution in [0.15, 0.2) is 36.4 Å². The summed E-state index contributed by atoms with van der Waals surface area (Å²) in [6.07, 6.45) is 2.16. The number of piperidine rings is 1. The second kappa shape index (κ2) is 14.0. The van der Waals surface area contributed by atoms with Crippen LogP contribution in [0.1, 0.15) is 31.2 Å². The first-order chi connectivity index (χ1) is 16.2. The molecule has 1 fully saturated rings. The van der Waals surface area contributed by atoms with Gasteiger partial charge in [-0.25, -0.2) is 4.98 Å². The number of fused-ring (bicyclic) bond motifs is 1. The maximum Gasteiger partial charge on any atom is 0.204 e. The number of hydrogen-bond donors (Lipinski definition) is 2. The molecule has 4 rings (SSSR count). The molecule has 0 spiro atoms. The second-order valence-corrected chi connectivity index (χ2v) is 8.50. The molecule has 3 aromatic rings. The highest BCUT2D eigenvalue weighted by Gasteiger charge is 2.21. The van der Waals surface area contributed by atoms with Gasteiger partial charge in [-0.15, -0.1) is 0 Å². The molecular formula is C25H40N6O4. The van der Waals surface area contributed by atoms with Gasteiger partial charge in [-0.2, -0.15) is 0 Å². The van der Waals surface area contributed by atoms with Crippen LogP contribution in [-0.4, -0.2) is 82.4 Å². The Morgan fingerprint density at radius 1 is 1.06 bits per heavy atom. The number of pyridine rings is 1. The number of hydrogen-bond acceptors (Lipinski definition) is 7. The number of benzene rings is 1. The smallest absolute Gasteiger partial charge is 0.204 e. The van der Waals surface area contributed by atoms with Crippen LogP contribution in [0.2, 0.25) is 0 Å². The minimum atomic E-state index is 0. The van der Waals surface area contributed by atoms with E-state index in [4.69, 9.17) is 25.2 Å². The number of likely N-dealkylation sites (tertiary alicyclic amines) is 1. The second-order valence-electron chi connectivity index (χ2n) is 8.50. The van der Waals surface area contributed by atoms with Crippen molar-refractivity contribution in [1.82, 2.24) is 19.4 Å². The molecule has 194 valence electrons. The van der Waals surface area contributed by atoms with Gasteiger partial charge >= 0.3 is 0 Å². The summed E-state index contributed by atoms with van der Waals surface area (Å²) < 4.78 is 13.7. The fourth-order valence-electron chi connectivity index (χ4n) is 4.36. The van der Waals surface area contributed by atoms with E-state index in [0.717, 1.165) is 66.6 Å². The first kappa shape index (κ1) is 28.5. The summed E-state index contributed by atoms with van der Waals surface area (Å²) in [5, 5.41) is 3.72. The Morgan fingerprint density at radius 2 is 1.83 bits per heavy atom. The number of para-hydroxylation sites is 2. The van der Waals surface area contributed by atoms with Crippen molar-refractivity contribution in [2.24, 2.45) is 5.73 Å². The van der Waals surface area contributed by atoms with Gasteiger partial charge < -0.3 is 40.9 Å². The minimum Gasteiger partial charge on any atom is -0.489 e. The lowest BCUT2D eigenvalue weighted by Gasteiger charge is -2.32. The highest BCUT2D eigenvalue weighted by molar-refractivity contribution is 5.78. The Bertz CT molecular complexity index is 1040. The molecule has 1 saturated heterocycles. The average molecular weight is 489 g/mol. The van der Waals surface area contributed by atoms with E-state index in [2.05, 4.69) is 33.0 Å². The van der Waals surface area contributed by atoms with E-state index < -0.39 is 0 Å². The van der Waals surface area contributed by atoms with Crippen molar-refractivity contribution in [3.8, 4) is 5.75 Å². The van der Waals surface area contributed by atoms with Crippen LogP contribution in [-0.2, 0) is 11.3 Å². The normalized spacial score (nSPS) is 14.4. The molecule has 3 heterocycles. The molecule has 0 aliphatic carbocycles. The first-order valence-corrected chi connectivity index (χ1v) is 12.0. The first-order valence-electron chi connectivity index (χ1n) is 12.0. The topological polar surface area (TPSA) is 153 Å². The van der Waals surface area contributed by atoms with Gasteiger partial charge in [0.2, 0.25) is 5.95 Å². The summed E-state index contributed by atoms with van der Waals surface area (Å²) in [5.41, 5.74) is 9.66. The Hall–Kier alpha value is -2.76. The zero-order valence-electron chi connectivity index (χ0n) is 20.8. The number of ether oxygens (including phenoxy) is 2. The van der Waals surface area contributed by atoms with Crippen molar-refractivity contribution in [3.63, 3.8) is 0 Å². The number of nitrogens with two attached hydrogens (primary N) is 1. The summed E-state index contributed by atoms with van der Waals surface area (Å²) in [6, 6.07) is 12.6. The fraction of sp³-hybridized carbons (Fsp3) is 0.520. The zero-order valence-corrected chi connectivity index (χ0v) is 20.8. The summed E-state index contributed by atoms with van der Waals surface area (Å²) in [6.45, 7) is 10.1. The molecule has 10 heteroatoms. The van der Waals surface area contributed by atoms with Gasteiger partial charge in [0.25, 0.3) is 0 Å². The summed E-state index contributed by atoms with van der Waals surface area (Å²) in [7, 11) is 0. The van der Waals surface area contributed by atoms with Crippen molar-refractivity contribution in [2.45, 2.75) is 39.3 Å². The summed E-state index contributed by atoms with van der Waals surface area (Å²) >= 11 is 0. The van der Waals surface area contributed by atoms with Crippen LogP contribution in [0, 0.1) is 6.92 Å². The number of aryl methyl sites for hydroxylation is 1. The lowest BCUT2D eigenvalue weighted by Crippen LogP contribution is -2.41. The largest absolute Gasteiger partial charge is 0.489 e. The number of aromatic nitrogens is 3. The number of anilines is 1. The molecule has 1 aromatic carbocycles. The van der Waals surface area contributed by atoms with Gasteiger partial charge in [0.15, 0.2) is 0 Å². The molecule has 0 bridgehead atoms. The highest BCUT2D eigenvalue weighted by atomic mass is 16.5. The van der Waals surface area contributed by atoms with Crippen molar-refractivity contribution >= 4 is 17.0 Å². The molecule has 0 amide bonds. The van der Waals surface area contributed by atoms with Gasteiger partial charge in [-0.1, -0.05) is 12.1 Å². The molecule has 1 aliphatic rings. The molecule has 1 aliphatic heterocycles. The molecule has 10 nitrogen and oxygen atoms in total. The Morgan fingerprint density at radius 3 is 2.57 bits per heavy atom. The highest BCUT2D eigenvalue weighted by Crippen LogP contribution is 2.26. The molecule has 0 unspecified atom stereocenters. The zero-order chi connectivity index (χ0) is 23.0. The van der Waals surface area contributed by atoms with E-state index >= 15 is 0 Å². The molecule has 35 heavy (non-hydrogen) atoms. The Kier molecular flexibility index (Phi) is 11.4. The van der Waals surface area contributed by atoms with E-state index in [1.54, 1.807) is 0 Å². The van der Waals surface area contributed by atoms with Crippen molar-refractivity contribution in [3.05, 3.63) is 47.8 Å². The third-order valence-electron chi connectivity index (χ3n) is 6.09. The lowest BCUT2D eigenvalue weighted by molar-refractivity contribution is 0.109. The van der Waals surface area contributed by atoms with Crippen LogP contribution in [0.25, 0.3) is 11.0 Å². The third kappa shape index (κ3) is 7.36. The Balaban J connectivity index is 0.00000216. The van der Waals surface area contributed by atoms with E-state index in [1.807, 2.05) is 32.0 Å². The minimum absolute atomic E-state index is 0. The van der Waals surface area contributed by atoms with Gasteiger partial charge in [0, 0.05) is 44.5 Å². The van der Waals surface area contributed by atoms with E-state index in [-0.39, 0.29) is 11.0 Å². The SMILES string of the molecule is CCOCCOc1ccc(C)nc1Cn1c(NC2CCN(CCN)CC2)nc2ccccc21.O.O. The molecule has 0 atom stereocenters. The van der Waals surface area contributed by atoms with Crippen LogP contribution in [0.4, 0.5) is 5.95 Å². The van der Waals surface area contributed by atoms with E-state index in [9.17, 15) is 0 Å². The summed E-state index contributed by atoms with van der Waals surface area (Å²) in [4.78, 5) is 12.2. The third-order valence-corrected chi connectivity index (χ3v) is 6.09. The van der Waals surface area contributed by atoms with Gasteiger partial charge in [-0.3, -0.25) is 4.98 Å². The number of nitrogens with zero attached hydrogens (tertiary/aromatic N) is 4. The van der Waals surface area contributed by atoms with Crippen LogP contribution < -0.4 is 15.8 Å². The number of nitrogens with one attached hydrogen (secondary N) is 1.